The molecular formula is C12H18BF4N2Rh-. The molecule has 0 fully saturated rings. The van der Waals surface area contributed by atoms with Crippen molar-refractivity contribution in [3.63, 3.8) is 0 Å². The second-order valence-electron chi connectivity index (χ2n) is 3.04. The van der Waals surface area contributed by atoms with Crippen molar-refractivity contribution < 1.29 is 36.7 Å². The largest absolute Gasteiger partial charge is 0.673 e. The molecule has 1 radical (unpaired) electrons. The fourth-order valence-corrected chi connectivity index (χ4v) is 0.856. The minimum atomic E-state index is -6.00. The van der Waals surface area contributed by atoms with Crippen LogP contribution in [0.1, 0.15) is 39.5 Å². The smallest absolute Gasteiger partial charge is 0.418 e. The first kappa shape index (κ1) is 27.3. The van der Waals surface area contributed by atoms with Gasteiger partial charge in [0, 0.05) is 33.3 Å². The van der Waals surface area contributed by atoms with Gasteiger partial charge < -0.3 is 17.3 Å². The van der Waals surface area contributed by atoms with E-state index in [0.29, 0.717) is 0 Å². The van der Waals surface area contributed by atoms with E-state index in [1.807, 2.05) is 0 Å². The van der Waals surface area contributed by atoms with Crippen molar-refractivity contribution >= 4 is 7.25 Å². The van der Waals surface area contributed by atoms with Crippen LogP contribution in [0.4, 0.5) is 17.3 Å². The molecule has 1 aliphatic carbocycles. The van der Waals surface area contributed by atoms with Gasteiger partial charge in [0.2, 0.25) is 0 Å². The molecule has 0 spiro atoms. The van der Waals surface area contributed by atoms with Gasteiger partial charge in [-0.3, -0.25) is 0 Å². The van der Waals surface area contributed by atoms with Gasteiger partial charge in [0.15, 0.2) is 0 Å². The third-order valence-electron chi connectivity index (χ3n) is 1.33. The van der Waals surface area contributed by atoms with Crippen LogP contribution < -0.4 is 0 Å². The van der Waals surface area contributed by atoms with Gasteiger partial charge in [-0.15, -0.1) is 0 Å². The fourth-order valence-electron chi connectivity index (χ4n) is 0.856. The predicted molar refractivity (Wildman–Crippen MR) is 69.5 cm³/mol. The van der Waals surface area contributed by atoms with Gasteiger partial charge in [-0.05, 0) is 25.7 Å². The first-order chi connectivity index (χ1) is 8.83. The monoisotopic (exact) mass is 380 g/mol. The molecule has 0 aromatic heterocycles. The summed E-state index contributed by atoms with van der Waals surface area (Å²) in [5, 5.41) is 14.6. The Morgan fingerprint density at radius 3 is 0.950 bits per heavy atom. The van der Waals surface area contributed by atoms with Crippen LogP contribution in [-0.2, 0) is 19.5 Å². The van der Waals surface area contributed by atoms with Gasteiger partial charge in [-0.1, -0.05) is 24.3 Å². The SMILES string of the molecule is C1=CCCC=CCC1.CC#N.CC#N.F[B-](F)(F)F.[Rh]. The molecule has 0 aliphatic heterocycles. The Morgan fingerprint density at radius 1 is 0.750 bits per heavy atom. The molecule has 0 unspecified atom stereocenters. The van der Waals surface area contributed by atoms with Gasteiger partial charge in [0.05, 0.1) is 12.1 Å². The molecule has 0 amide bonds. The summed E-state index contributed by atoms with van der Waals surface area (Å²) in [6, 6.07) is 3.50. The summed E-state index contributed by atoms with van der Waals surface area (Å²) in [5.74, 6) is 0. The zero-order valence-electron chi connectivity index (χ0n) is 11.5. The van der Waals surface area contributed by atoms with E-state index in [9.17, 15) is 17.3 Å². The first-order valence-corrected chi connectivity index (χ1v) is 5.62. The molecule has 0 heterocycles. The average Bonchev–Trinajstić information content (AvgIpc) is 2.15. The summed E-state index contributed by atoms with van der Waals surface area (Å²) in [4.78, 5) is 0. The maximum atomic E-state index is 9.75. The Kier molecular flexibility index (Phi) is 31.3. The van der Waals surface area contributed by atoms with E-state index in [1.165, 1.54) is 39.5 Å². The van der Waals surface area contributed by atoms with E-state index in [2.05, 4.69) is 24.3 Å². The van der Waals surface area contributed by atoms with Gasteiger partial charge >= 0.3 is 7.25 Å². The minimum Gasteiger partial charge on any atom is -0.418 e. The minimum absolute atomic E-state index is 0. The molecule has 0 bridgehead atoms. The second-order valence-corrected chi connectivity index (χ2v) is 3.04. The number of allylic oxidation sites excluding steroid dienone is 4. The summed E-state index contributed by atoms with van der Waals surface area (Å²) in [5.41, 5.74) is 0. The van der Waals surface area contributed by atoms with Crippen molar-refractivity contribution in [2.45, 2.75) is 39.5 Å². The molecule has 20 heavy (non-hydrogen) atoms. The maximum absolute atomic E-state index is 9.75. The molecule has 0 N–H and O–H groups in total. The van der Waals surface area contributed by atoms with Crippen molar-refractivity contribution in [3.05, 3.63) is 24.3 Å². The Morgan fingerprint density at radius 2 is 0.850 bits per heavy atom. The van der Waals surface area contributed by atoms with Crippen molar-refractivity contribution in [3.8, 4) is 12.1 Å². The van der Waals surface area contributed by atoms with E-state index < -0.39 is 7.25 Å². The van der Waals surface area contributed by atoms with Gasteiger partial charge in [0.1, 0.15) is 0 Å². The summed E-state index contributed by atoms with van der Waals surface area (Å²) in [6.45, 7) is 2.86. The van der Waals surface area contributed by atoms with E-state index in [4.69, 9.17) is 10.5 Å². The summed E-state index contributed by atoms with van der Waals surface area (Å²) in [6.07, 6.45) is 14.0. The van der Waals surface area contributed by atoms with Crippen LogP contribution in [0.2, 0.25) is 0 Å². The molecule has 1 rings (SSSR count). The number of rotatable bonds is 0. The van der Waals surface area contributed by atoms with Gasteiger partial charge in [0.25, 0.3) is 0 Å². The predicted octanol–water partition coefficient (Wildman–Crippen LogP) is 5.03. The van der Waals surface area contributed by atoms with Crippen LogP contribution in [0.15, 0.2) is 24.3 Å². The molecule has 0 saturated heterocycles. The quantitative estimate of drug-likeness (QED) is 0.336. The second kappa shape index (κ2) is 23.0. The zero-order chi connectivity index (χ0) is 15.6. The third kappa shape index (κ3) is 90.0. The molecule has 1 aliphatic rings. The van der Waals surface area contributed by atoms with Crippen LogP contribution in [0.3, 0.4) is 0 Å². The van der Waals surface area contributed by atoms with E-state index in [0.717, 1.165) is 0 Å². The number of nitrogens with zero attached hydrogens (tertiary/aromatic N) is 2. The zero-order valence-corrected chi connectivity index (χ0v) is 13.1. The molecule has 0 aromatic carbocycles. The van der Waals surface area contributed by atoms with Crippen molar-refractivity contribution in [1.29, 1.82) is 10.5 Å². The third-order valence-corrected chi connectivity index (χ3v) is 1.33. The maximum Gasteiger partial charge on any atom is 0.673 e. The summed E-state index contributed by atoms with van der Waals surface area (Å²) >= 11 is 0. The van der Waals surface area contributed by atoms with Gasteiger partial charge in [-0.2, -0.15) is 10.5 Å². The van der Waals surface area contributed by atoms with Crippen LogP contribution in [0, 0.1) is 22.7 Å². The number of halogens is 4. The van der Waals surface area contributed by atoms with E-state index >= 15 is 0 Å². The fraction of sp³-hybridized carbons (Fsp3) is 0.500. The van der Waals surface area contributed by atoms with Crippen LogP contribution in [0.5, 0.6) is 0 Å². The van der Waals surface area contributed by atoms with Crippen molar-refractivity contribution in [1.82, 2.24) is 0 Å². The standard InChI is InChI=1S/C8H12.2C2H3N.BF4.Rh/c1-2-4-6-8-7-5-3-1;2*1-2-3;2-1(3,4)5;/h1-2,7-8H,3-6H2;2*1H3;;/q;;;-1;. The Bertz CT molecular complexity index is 273. The van der Waals surface area contributed by atoms with Gasteiger partial charge in [-0.25, -0.2) is 0 Å². The normalized spacial score (nSPS) is 11.8. The van der Waals surface area contributed by atoms with E-state index in [-0.39, 0.29) is 19.5 Å². The van der Waals surface area contributed by atoms with Crippen LogP contribution in [0.25, 0.3) is 0 Å². The molecule has 8 heteroatoms. The molecule has 0 aromatic rings. The van der Waals surface area contributed by atoms with Crippen LogP contribution >= 0.6 is 0 Å². The number of hydrogen-bond acceptors (Lipinski definition) is 2. The first-order valence-electron chi connectivity index (χ1n) is 5.62. The van der Waals surface area contributed by atoms with Crippen molar-refractivity contribution in [2.24, 2.45) is 0 Å². The molecule has 117 valence electrons. The molecule has 2 nitrogen and oxygen atoms in total. The molecule has 0 saturated carbocycles. The Balaban J connectivity index is -0.0000000935. The molecular weight excluding hydrogens is 362 g/mol. The average molecular weight is 380 g/mol. The number of nitriles is 2. The van der Waals surface area contributed by atoms with E-state index in [1.54, 1.807) is 12.1 Å². The molecule has 0 atom stereocenters. The summed E-state index contributed by atoms with van der Waals surface area (Å²) in [7, 11) is -6.00. The Labute approximate surface area is 131 Å². The van der Waals surface area contributed by atoms with Crippen molar-refractivity contribution in [2.75, 3.05) is 0 Å². The topological polar surface area (TPSA) is 47.6 Å². The Hall–Kier alpha value is -1.13. The number of hydrogen-bond donors (Lipinski definition) is 0. The van der Waals surface area contributed by atoms with Crippen LogP contribution in [-0.4, -0.2) is 7.25 Å². The summed E-state index contributed by atoms with van der Waals surface area (Å²) < 4.78 is 39.0.